The lowest BCUT2D eigenvalue weighted by atomic mass is 10.1. The summed E-state index contributed by atoms with van der Waals surface area (Å²) in [4.78, 5) is 29.7. The van der Waals surface area contributed by atoms with Crippen LogP contribution in [0.1, 0.15) is 16.7 Å². The second-order valence-corrected chi connectivity index (χ2v) is 5.38. The normalized spacial score (nSPS) is 12.5. The van der Waals surface area contributed by atoms with Crippen molar-refractivity contribution in [1.29, 1.82) is 0 Å². The van der Waals surface area contributed by atoms with Crippen LogP contribution in [-0.4, -0.2) is 9.97 Å². The number of H-pyrrole nitrogens is 2. The Labute approximate surface area is 137 Å². The number of rotatable bonds is 3. The van der Waals surface area contributed by atoms with Crippen molar-refractivity contribution in [1.82, 2.24) is 9.97 Å². The van der Waals surface area contributed by atoms with Crippen LogP contribution < -0.4 is 27.6 Å². The zero-order valence-corrected chi connectivity index (χ0v) is 13.0. The van der Waals surface area contributed by atoms with Gasteiger partial charge in [-0.25, -0.2) is 0 Å². The Morgan fingerprint density at radius 2 is 1.25 bits per heavy atom. The van der Waals surface area contributed by atoms with E-state index < -0.39 is 0 Å². The third kappa shape index (κ3) is 3.59. The molecule has 0 radical (unpaired) electrons. The molecule has 0 aliphatic heterocycles. The summed E-state index contributed by atoms with van der Waals surface area (Å²) >= 11 is 0. The third-order valence-electron chi connectivity index (χ3n) is 3.62. The van der Waals surface area contributed by atoms with Gasteiger partial charge in [0.05, 0.1) is 0 Å². The molecule has 24 heavy (non-hydrogen) atoms. The van der Waals surface area contributed by atoms with Crippen LogP contribution >= 0.6 is 0 Å². The number of benzene rings is 2. The molecule has 0 bridgehead atoms. The number of hydrogen-bond donors (Lipinski definition) is 3. The summed E-state index contributed by atoms with van der Waals surface area (Å²) in [6, 6.07) is 16.8. The molecule has 0 fully saturated rings. The first-order chi connectivity index (χ1) is 11.7. The van der Waals surface area contributed by atoms with E-state index in [-0.39, 0.29) is 21.8 Å². The van der Waals surface area contributed by atoms with Gasteiger partial charge in [-0.2, -0.15) is 0 Å². The highest BCUT2D eigenvalue weighted by Gasteiger charge is 1.97. The molecule has 3 rings (SSSR count). The van der Waals surface area contributed by atoms with E-state index in [1.54, 1.807) is 12.2 Å². The van der Waals surface area contributed by atoms with Gasteiger partial charge in [0, 0.05) is 6.54 Å². The van der Waals surface area contributed by atoms with Crippen LogP contribution in [0.4, 0.5) is 0 Å². The van der Waals surface area contributed by atoms with E-state index in [0.29, 0.717) is 6.54 Å². The quantitative estimate of drug-likeness (QED) is 0.643. The summed E-state index contributed by atoms with van der Waals surface area (Å²) < 4.78 is 0. The monoisotopic (exact) mass is 319 g/mol. The standard InChI is InChI=1S/C19H17N3O2/c20-12-15-8-6-14(7-9-15)11-17-19(24)21-16(18(23)22-17)10-13-4-2-1-3-5-13/h1-11H,12,20H2,(H,21,24)(H,22,23)/b16-10-,17-11-. The van der Waals surface area contributed by atoms with E-state index in [4.69, 9.17) is 5.73 Å². The van der Waals surface area contributed by atoms with Crippen LogP contribution in [0.25, 0.3) is 12.2 Å². The molecule has 2 aromatic carbocycles. The van der Waals surface area contributed by atoms with Gasteiger partial charge < -0.3 is 15.7 Å². The molecular formula is C19H17N3O2. The fourth-order valence-corrected chi connectivity index (χ4v) is 2.33. The van der Waals surface area contributed by atoms with E-state index in [1.165, 1.54) is 0 Å². The van der Waals surface area contributed by atoms with E-state index in [9.17, 15) is 9.59 Å². The Hall–Kier alpha value is -3.18. The average molecular weight is 319 g/mol. The predicted octanol–water partition coefficient (Wildman–Crippen LogP) is 0.179. The molecule has 5 heteroatoms. The molecule has 0 aliphatic rings. The van der Waals surface area contributed by atoms with Crippen molar-refractivity contribution in [3.8, 4) is 0 Å². The van der Waals surface area contributed by atoms with Crippen LogP contribution in [0.2, 0.25) is 0 Å². The van der Waals surface area contributed by atoms with Gasteiger partial charge in [-0.1, -0.05) is 54.6 Å². The minimum absolute atomic E-state index is 0.214. The molecular weight excluding hydrogens is 302 g/mol. The van der Waals surface area contributed by atoms with Gasteiger partial charge in [-0.05, 0) is 28.8 Å². The molecule has 0 atom stereocenters. The first kappa shape index (κ1) is 15.7. The van der Waals surface area contributed by atoms with Gasteiger partial charge in [0.15, 0.2) is 0 Å². The van der Waals surface area contributed by atoms with Gasteiger partial charge in [-0.3, -0.25) is 9.59 Å². The Kier molecular flexibility index (Phi) is 4.54. The fourth-order valence-electron chi connectivity index (χ4n) is 2.33. The third-order valence-corrected chi connectivity index (χ3v) is 3.62. The fraction of sp³-hybridized carbons (Fsp3) is 0.0526. The summed E-state index contributed by atoms with van der Waals surface area (Å²) in [6.07, 6.45) is 3.27. The highest BCUT2D eigenvalue weighted by molar-refractivity contribution is 5.49. The van der Waals surface area contributed by atoms with Crippen LogP contribution in [0.5, 0.6) is 0 Å². The van der Waals surface area contributed by atoms with Crippen LogP contribution in [0.3, 0.4) is 0 Å². The van der Waals surface area contributed by atoms with Crippen molar-refractivity contribution in [2.45, 2.75) is 6.54 Å². The molecule has 0 amide bonds. The smallest absolute Gasteiger partial charge is 0.272 e. The summed E-state index contributed by atoms with van der Waals surface area (Å²) in [7, 11) is 0. The largest absolute Gasteiger partial charge is 0.326 e. The maximum absolute atomic E-state index is 12.2. The summed E-state index contributed by atoms with van der Waals surface area (Å²) in [5.41, 5.74) is 7.52. The predicted molar refractivity (Wildman–Crippen MR) is 94.8 cm³/mol. The second kappa shape index (κ2) is 6.93. The van der Waals surface area contributed by atoms with Crippen LogP contribution in [0, 0.1) is 0 Å². The van der Waals surface area contributed by atoms with Crippen molar-refractivity contribution in [3.63, 3.8) is 0 Å². The molecule has 5 nitrogen and oxygen atoms in total. The highest BCUT2D eigenvalue weighted by atomic mass is 16.1. The average Bonchev–Trinajstić information content (AvgIpc) is 2.61. The Morgan fingerprint density at radius 3 is 1.75 bits per heavy atom. The Morgan fingerprint density at radius 1 is 0.750 bits per heavy atom. The molecule has 0 saturated heterocycles. The number of hydrogen-bond acceptors (Lipinski definition) is 3. The number of aromatic amines is 2. The summed E-state index contributed by atoms with van der Waals surface area (Å²) in [5.74, 6) is 0. The zero-order chi connectivity index (χ0) is 16.9. The number of aromatic nitrogens is 2. The van der Waals surface area contributed by atoms with Gasteiger partial charge in [0.1, 0.15) is 10.7 Å². The number of nitrogens with one attached hydrogen (secondary N) is 2. The van der Waals surface area contributed by atoms with Crippen LogP contribution in [-0.2, 0) is 6.54 Å². The topological polar surface area (TPSA) is 91.7 Å². The molecule has 1 aromatic heterocycles. The van der Waals surface area contributed by atoms with Crippen molar-refractivity contribution in [2.24, 2.45) is 5.73 Å². The van der Waals surface area contributed by atoms with Gasteiger partial charge in [-0.15, -0.1) is 0 Å². The SMILES string of the molecule is NCc1ccc(/C=c2\[nH]c(=O)/c(=C/c3ccccc3)[nH]c2=O)cc1. The molecule has 4 N–H and O–H groups in total. The Bertz CT molecular complexity index is 1060. The summed E-state index contributed by atoms with van der Waals surface area (Å²) in [5, 5.41) is 0.438. The molecule has 0 aliphatic carbocycles. The second-order valence-electron chi connectivity index (χ2n) is 5.38. The maximum atomic E-state index is 12.2. The first-order valence-corrected chi connectivity index (χ1v) is 7.56. The van der Waals surface area contributed by atoms with Crippen LogP contribution in [0.15, 0.2) is 64.2 Å². The lowest BCUT2D eigenvalue weighted by Crippen LogP contribution is -2.46. The minimum Gasteiger partial charge on any atom is -0.326 e. The van der Waals surface area contributed by atoms with E-state index in [2.05, 4.69) is 9.97 Å². The molecule has 0 spiro atoms. The van der Waals surface area contributed by atoms with Gasteiger partial charge >= 0.3 is 0 Å². The van der Waals surface area contributed by atoms with Gasteiger partial charge in [0.2, 0.25) is 0 Å². The van der Waals surface area contributed by atoms with Crippen molar-refractivity contribution >= 4 is 12.2 Å². The van der Waals surface area contributed by atoms with Gasteiger partial charge in [0.25, 0.3) is 11.1 Å². The molecule has 120 valence electrons. The lowest BCUT2D eigenvalue weighted by molar-refractivity contribution is 1.00. The van der Waals surface area contributed by atoms with Crippen molar-refractivity contribution in [2.75, 3.05) is 0 Å². The number of nitrogens with two attached hydrogens (primary N) is 1. The zero-order valence-electron chi connectivity index (χ0n) is 13.0. The molecule has 3 aromatic rings. The lowest BCUT2D eigenvalue weighted by Gasteiger charge is -1.97. The van der Waals surface area contributed by atoms with E-state index in [0.717, 1.165) is 16.7 Å². The van der Waals surface area contributed by atoms with Crippen molar-refractivity contribution < 1.29 is 0 Å². The first-order valence-electron chi connectivity index (χ1n) is 7.56. The van der Waals surface area contributed by atoms with E-state index >= 15 is 0 Å². The Balaban J connectivity index is 2.07. The molecule has 1 heterocycles. The highest BCUT2D eigenvalue weighted by Crippen LogP contribution is 2.03. The summed E-state index contributed by atoms with van der Waals surface area (Å²) in [6.45, 7) is 0.460. The van der Waals surface area contributed by atoms with Crippen molar-refractivity contribution in [3.05, 3.63) is 103 Å². The maximum Gasteiger partial charge on any atom is 0.272 e. The molecule has 0 unspecified atom stereocenters. The molecule has 0 saturated carbocycles. The minimum atomic E-state index is -0.348. The van der Waals surface area contributed by atoms with E-state index in [1.807, 2.05) is 54.6 Å².